The van der Waals surface area contributed by atoms with E-state index < -0.39 is 0 Å². The van der Waals surface area contributed by atoms with Crippen molar-refractivity contribution in [3.8, 4) is 0 Å². The number of fused-ring (bicyclic) bond motifs is 1. The van der Waals surface area contributed by atoms with Gasteiger partial charge in [0, 0.05) is 16.2 Å². The Morgan fingerprint density at radius 3 is 2.67 bits per heavy atom. The standard InChI is InChI=1S/C15H14Cl2N4/c1-8-13-7-18-10(3)19-15(13)21(20-8)9(2)12-5-4-11(16)6-14(12)17/h4-7,9H,1-3H3. The third kappa shape index (κ3) is 2.49. The van der Waals surface area contributed by atoms with Crippen LogP contribution in [0.3, 0.4) is 0 Å². The van der Waals surface area contributed by atoms with Crippen molar-refractivity contribution in [3.05, 3.63) is 51.5 Å². The molecule has 108 valence electrons. The zero-order valence-corrected chi connectivity index (χ0v) is 13.4. The lowest BCUT2D eigenvalue weighted by molar-refractivity contribution is 0.574. The van der Waals surface area contributed by atoms with Gasteiger partial charge in [-0.25, -0.2) is 14.6 Å². The van der Waals surface area contributed by atoms with Crippen LogP contribution in [0.5, 0.6) is 0 Å². The number of hydrogen-bond donors (Lipinski definition) is 0. The van der Waals surface area contributed by atoms with Crippen LogP contribution >= 0.6 is 23.2 Å². The molecule has 0 aliphatic heterocycles. The molecule has 1 aromatic carbocycles. The quantitative estimate of drug-likeness (QED) is 0.704. The van der Waals surface area contributed by atoms with Crippen molar-refractivity contribution in [2.24, 2.45) is 0 Å². The zero-order chi connectivity index (χ0) is 15.1. The maximum absolute atomic E-state index is 6.31. The molecule has 0 bridgehead atoms. The summed E-state index contributed by atoms with van der Waals surface area (Å²) in [6, 6.07) is 5.46. The Balaban J connectivity index is 2.17. The highest BCUT2D eigenvalue weighted by molar-refractivity contribution is 6.35. The van der Waals surface area contributed by atoms with E-state index in [0.717, 1.165) is 28.1 Å². The Bertz CT molecular complexity index is 826. The molecule has 0 aliphatic carbocycles. The summed E-state index contributed by atoms with van der Waals surface area (Å²) in [5.41, 5.74) is 2.68. The third-order valence-electron chi connectivity index (χ3n) is 3.53. The molecule has 21 heavy (non-hydrogen) atoms. The molecule has 1 unspecified atom stereocenters. The first-order valence-corrected chi connectivity index (χ1v) is 7.36. The average Bonchev–Trinajstić information content (AvgIpc) is 2.75. The minimum Gasteiger partial charge on any atom is -0.241 e. The summed E-state index contributed by atoms with van der Waals surface area (Å²) in [6.07, 6.45) is 1.81. The number of halogens is 2. The maximum Gasteiger partial charge on any atom is 0.162 e. The van der Waals surface area contributed by atoms with Crippen LogP contribution in [0.1, 0.15) is 30.0 Å². The Labute approximate surface area is 132 Å². The normalized spacial score (nSPS) is 12.8. The summed E-state index contributed by atoms with van der Waals surface area (Å²) in [6.45, 7) is 5.86. The van der Waals surface area contributed by atoms with Crippen LogP contribution < -0.4 is 0 Å². The van der Waals surface area contributed by atoms with Crippen LogP contribution in [0.4, 0.5) is 0 Å². The molecule has 6 heteroatoms. The summed E-state index contributed by atoms with van der Waals surface area (Å²) >= 11 is 12.3. The number of hydrogen-bond acceptors (Lipinski definition) is 3. The van der Waals surface area contributed by atoms with Crippen molar-refractivity contribution < 1.29 is 0 Å². The molecule has 0 radical (unpaired) electrons. The van der Waals surface area contributed by atoms with E-state index in [0.29, 0.717) is 10.0 Å². The lowest BCUT2D eigenvalue weighted by Crippen LogP contribution is -2.10. The van der Waals surface area contributed by atoms with Gasteiger partial charge in [0.05, 0.1) is 17.1 Å². The summed E-state index contributed by atoms with van der Waals surface area (Å²) in [5, 5.41) is 6.80. The average molecular weight is 321 g/mol. The first-order valence-electron chi connectivity index (χ1n) is 6.61. The second-order valence-electron chi connectivity index (χ2n) is 5.03. The summed E-state index contributed by atoms with van der Waals surface area (Å²) in [4.78, 5) is 8.75. The zero-order valence-electron chi connectivity index (χ0n) is 11.9. The number of rotatable bonds is 2. The minimum absolute atomic E-state index is 0.0414. The van der Waals surface area contributed by atoms with Gasteiger partial charge in [0.1, 0.15) is 5.82 Å². The number of benzene rings is 1. The molecular formula is C15H14Cl2N4. The molecule has 0 saturated heterocycles. The van der Waals surface area contributed by atoms with E-state index in [1.807, 2.05) is 43.8 Å². The predicted octanol–water partition coefficient (Wildman–Crippen LogP) is 4.36. The molecule has 4 nitrogen and oxygen atoms in total. The molecule has 0 saturated carbocycles. The maximum atomic E-state index is 6.31. The molecule has 2 aromatic heterocycles. The van der Waals surface area contributed by atoms with E-state index in [1.165, 1.54) is 0 Å². The van der Waals surface area contributed by atoms with Crippen molar-refractivity contribution in [3.63, 3.8) is 0 Å². The fourth-order valence-corrected chi connectivity index (χ4v) is 2.96. The molecule has 3 aromatic rings. The van der Waals surface area contributed by atoms with Crippen LogP contribution in [0, 0.1) is 13.8 Å². The van der Waals surface area contributed by atoms with Gasteiger partial charge in [-0.15, -0.1) is 0 Å². The number of nitrogens with zero attached hydrogens (tertiary/aromatic N) is 4. The van der Waals surface area contributed by atoms with Gasteiger partial charge in [-0.05, 0) is 38.5 Å². The van der Waals surface area contributed by atoms with E-state index in [1.54, 1.807) is 6.07 Å². The van der Waals surface area contributed by atoms with Crippen LogP contribution in [-0.4, -0.2) is 19.7 Å². The highest BCUT2D eigenvalue weighted by Gasteiger charge is 2.18. The van der Waals surface area contributed by atoms with Crippen LogP contribution in [0.2, 0.25) is 10.0 Å². The van der Waals surface area contributed by atoms with Gasteiger partial charge in [0.2, 0.25) is 0 Å². The second kappa shape index (κ2) is 5.28. The van der Waals surface area contributed by atoms with Crippen LogP contribution in [0.15, 0.2) is 24.4 Å². The first-order chi connectivity index (χ1) is 9.97. The molecule has 0 aliphatic rings. The monoisotopic (exact) mass is 320 g/mol. The minimum atomic E-state index is -0.0414. The summed E-state index contributed by atoms with van der Waals surface area (Å²) in [7, 11) is 0. The van der Waals surface area contributed by atoms with Gasteiger partial charge in [0.15, 0.2) is 5.65 Å². The van der Waals surface area contributed by atoms with E-state index in [2.05, 4.69) is 15.1 Å². The van der Waals surface area contributed by atoms with E-state index in [-0.39, 0.29) is 6.04 Å². The van der Waals surface area contributed by atoms with Crippen LogP contribution in [-0.2, 0) is 0 Å². The predicted molar refractivity (Wildman–Crippen MR) is 85.1 cm³/mol. The van der Waals surface area contributed by atoms with E-state index >= 15 is 0 Å². The van der Waals surface area contributed by atoms with Crippen LogP contribution in [0.25, 0.3) is 11.0 Å². The highest BCUT2D eigenvalue weighted by Crippen LogP contribution is 2.30. The lowest BCUT2D eigenvalue weighted by Gasteiger charge is -2.15. The smallest absolute Gasteiger partial charge is 0.162 e. The van der Waals surface area contributed by atoms with Crippen molar-refractivity contribution in [2.45, 2.75) is 26.8 Å². The molecule has 2 heterocycles. The first kappa shape index (κ1) is 14.3. The van der Waals surface area contributed by atoms with Gasteiger partial charge in [-0.3, -0.25) is 0 Å². The van der Waals surface area contributed by atoms with E-state index in [4.69, 9.17) is 23.2 Å². The van der Waals surface area contributed by atoms with Crippen molar-refractivity contribution in [1.29, 1.82) is 0 Å². The van der Waals surface area contributed by atoms with Gasteiger partial charge in [-0.1, -0.05) is 29.3 Å². The molecule has 3 rings (SSSR count). The lowest BCUT2D eigenvalue weighted by atomic mass is 10.1. The Kier molecular flexibility index (Phi) is 3.59. The SMILES string of the molecule is Cc1ncc2c(C)nn(C(C)c3ccc(Cl)cc3Cl)c2n1. The fourth-order valence-electron chi connectivity index (χ4n) is 2.39. The summed E-state index contributed by atoms with van der Waals surface area (Å²) < 4.78 is 1.88. The molecule has 1 atom stereocenters. The van der Waals surface area contributed by atoms with Gasteiger partial charge >= 0.3 is 0 Å². The third-order valence-corrected chi connectivity index (χ3v) is 4.10. The largest absolute Gasteiger partial charge is 0.241 e. The van der Waals surface area contributed by atoms with Gasteiger partial charge < -0.3 is 0 Å². The highest BCUT2D eigenvalue weighted by atomic mass is 35.5. The number of aryl methyl sites for hydroxylation is 2. The second-order valence-corrected chi connectivity index (χ2v) is 5.87. The molecule has 0 amide bonds. The topological polar surface area (TPSA) is 43.6 Å². The molecule has 0 spiro atoms. The Hall–Kier alpha value is -1.65. The number of aromatic nitrogens is 4. The fraction of sp³-hybridized carbons (Fsp3) is 0.267. The molecular weight excluding hydrogens is 307 g/mol. The molecule has 0 fully saturated rings. The Morgan fingerprint density at radius 2 is 1.95 bits per heavy atom. The summed E-state index contributed by atoms with van der Waals surface area (Å²) in [5.74, 6) is 0.720. The van der Waals surface area contributed by atoms with Crippen molar-refractivity contribution in [1.82, 2.24) is 19.7 Å². The van der Waals surface area contributed by atoms with E-state index in [9.17, 15) is 0 Å². The van der Waals surface area contributed by atoms with Gasteiger partial charge in [-0.2, -0.15) is 5.10 Å². The Morgan fingerprint density at radius 1 is 1.19 bits per heavy atom. The van der Waals surface area contributed by atoms with Gasteiger partial charge in [0.25, 0.3) is 0 Å². The van der Waals surface area contributed by atoms with Crippen molar-refractivity contribution >= 4 is 34.2 Å². The molecule has 0 N–H and O–H groups in total. The van der Waals surface area contributed by atoms with Crippen molar-refractivity contribution in [2.75, 3.05) is 0 Å².